The maximum absolute atomic E-state index is 3.75. The van der Waals surface area contributed by atoms with Crippen LogP contribution in [0, 0.1) is 11.3 Å². The van der Waals surface area contributed by atoms with Crippen molar-refractivity contribution in [3.63, 3.8) is 0 Å². The van der Waals surface area contributed by atoms with Crippen molar-refractivity contribution in [3.8, 4) is 0 Å². The summed E-state index contributed by atoms with van der Waals surface area (Å²) < 4.78 is 0. The zero-order valence-corrected chi connectivity index (χ0v) is 11.6. The maximum Gasteiger partial charge on any atom is 0.0100 e. The van der Waals surface area contributed by atoms with Crippen LogP contribution < -0.4 is 0 Å². The zero-order valence-electron chi connectivity index (χ0n) is 9.97. The third kappa shape index (κ3) is 3.45. The van der Waals surface area contributed by atoms with Gasteiger partial charge < -0.3 is 4.90 Å². The lowest BCUT2D eigenvalue weighted by Gasteiger charge is -2.39. The normalized spacial score (nSPS) is 25.8. The van der Waals surface area contributed by atoms with Gasteiger partial charge in [-0.1, -0.05) is 35.2 Å². The first-order valence-electron chi connectivity index (χ1n) is 6.49. The third-order valence-electron chi connectivity index (χ3n) is 4.07. The molecule has 15 heavy (non-hydrogen) atoms. The van der Waals surface area contributed by atoms with Crippen molar-refractivity contribution in [1.29, 1.82) is 0 Å². The van der Waals surface area contributed by atoms with E-state index in [0.29, 0.717) is 5.41 Å². The summed E-state index contributed by atoms with van der Waals surface area (Å²) in [6, 6.07) is 0. The molecule has 0 heterocycles. The Morgan fingerprint density at radius 1 is 1.20 bits per heavy atom. The Morgan fingerprint density at radius 3 is 2.40 bits per heavy atom. The summed E-state index contributed by atoms with van der Waals surface area (Å²) in [5.41, 5.74) is 0.599. The lowest BCUT2D eigenvalue weighted by Crippen LogP contribution is -2.39. The molecule has 0 N–H and O–H groups in total. The van der Waals surface area contributed by atoms with Gasteiger partial charge in [-0.15, -0.1) is 0 Å². The van der Waals surface area contributed by atoms with Crippen LogP contribution in [0.25, 0.3) is 0 Å². The highest BCUT2D eigenvalue weighted by Crippen LogP contribution is 2.39. The second-order valence-corrected chi connectivity index (χ2v) is 6.40. The summed E-state index contributed by atoms with van der Waals surface area (Å²) in [5.74, 6) is 1.03. The molecule has 2 rings (SSSR count). The molecule has 0 saturated heterocycles. The van der Waals surface area contributed by atoms with Gasteiger partial charge in [0.15, 0.2) is 0 Å². The first kappa shape index (κ1) is 11.9. The third-order valence-corrected chi connectivity index (χ3v) is 5.26. The average Bonchev–Trinajstić information content (AvgIpc) is 3.03. The molecule has 2 fully saturated rings. The Bertz CT molecular complexity index is 195. The van der Waals surface area contributed by atoms with E-state index in [9.17, 15) is 0 Å². The summed E-state index contributed by atoms with van der Waals surface area (Å²) in [7, 11) is 2.32. The van der Waals surface area contributed by atoms with E-state index in [1.807, 2.05) is 0 Å². The molecule has 0 aromatic carbocycles. The van der Waals surface area contributed by atoms with Crippen molar-refractivity contribution in [2.45, 2.75) is 44.9 Å². The Kier molecular flexibility index (Phi) is 4.11. The maximum atomic E-state index is 3.75. The van der Waals surface area contributed by atoms with Crippen LogP contribution in [0.2, 0.25) is 0 Å². The predicted molar refractivity (Wildman–Crippen MR) is 69.5 cm³/mol. The van der Waals surface area contributed by atoms with Crippen LogP contribution in [0.4, 0.5) is 0 Å². The fraction of sp³-hybridized carbons (Fsp3) is 1.00. The van der Waals surface area contributed by atoms with E-state index in [4.69, 9.17) is 0 Å². The van der Waals surface area contributed by atoms with Crippen molar-refractivity contribution in [3.05, 3.63) is 0 Å². The van der Waals surface area contributed by atoms with E-state index in [-0.39, 0.29) is 0 Å². The van der Waals surface area contributed by atoms with Gasteiger partial charge in [-0.05, 0) is 44.1 Å². The van der Waals surface area contributed by atoms with Gasteiger partial charge in [0.25, 0.3) is 0 Å². The highest BCUT2D eigenvalue weighted by atomic mass is 79.9. The molecule has 0 aromatic rings. The molecule has 88 valence electrons. The highest BCUT2D eigenvalue weighted by molar-refractivity contribution is 9.09. The molecule has 2 aliphatic rings. The highest BCUT2D eigenvalue weighted by Gasteiger charge is 2.33. The van der Waals surface area contributed by atoms with E-state index >= 15 is 0 Å². The molecule has 0 aliphatic heterocycles. The van der Waals surface area contributed by atoms with Crippen LogP contribution in [0.3, 0.4) is 0 Å². The molecule has 0 unspecified atom stereocenters. The zero-order chi connectivity index (χ0) is 10.7. The second kappa shape index (κ2) is 5.18. The molecule has 1 nitrogen and oxygen atoms in total. The first-order chi connectivity index (χ1) is 7.24. The van der Waals surface area contributed by atoms with Gasteiger partial charge in [0, 0.05) is 18.4 Å². The van der Waals surface area contributed by atoms with Crippen LogP contribution in [0.1, 0.15) is 44.9 Å². The van der Waals surface area contributed by atoms with Gasteiger partial charge in [0.05, 0.1) is 0 Å². The summed E-state index contributed by atoms with van der Waals surface area (Å²) in [6.07, 6.45) is 10.2. The molecule has 2 heteroatoms. The van der Waals surface area contributed by atoms with E-state index in [1.165, 1.54) is 63.4 Å². The number of hydrogen-bond acceptors (Lipinski definition) is 1. The molecule has 0 spiro atoms. The molecule has 2 saturated carbocycles. The molecule has 0 atom stereocenters. The molecule has 0 amide bonds. The van der Waals surface area contributed by atoms with Crippen molar-refractivity contribution >= 4 is 15.9 Å². The SMILES string of the molecule is CN(CC1CC1)CC1(CBr)CCCCC1. The average molecular weight is 274 g/mol. The van der Waals surface area contributed by atoms with Crippen molar-refractivity contribution in [2.24, 2.45) is 11.3 Å². The fourth-order valence-electron chi connectivity index (χ4n) is 3.01. The van der Waals surface area contributed by atoms with E-state index in [0.717, 1.165) is 5.92 Å². The first-order valence-corrected chi connectivity index (χ1v) is 7.61. The topological polar surface area (TPSA) is 3.24 Å². The Balaban J connectivity index is 1.81. The summed E-state index contributed by atoms with van der Waals surface area (Å²) in [4.78, 5) is 2.59. The second-order valence-electron chi connectivity index (χ2n) is 5.83. The Hall–Kier alpha value is 0.440. The van der Waals surface area contributed by atoms with Gasteiger partial charge in [-0.25, -0.2) is 0 Å². The minimum absolute atomic E-state index is 0.599. The monoisotopic (exact) mass is 273 g/mol. The van der Waals surface area contributed by atoms with Crippen molar-refractivity contribution < 1.29 is 0 Å². The molecular formula is C13H24BrN. The Labute approximate surface area is 103 Å². The number of halogens is 1. The van der Waals surface area contributed by atoms with Gasteiger partial charge in [-0.2, -0.15) is 0 Å². The van der Waals surface area contributed by atoms with Crippen molar-refractivity contribution in [1.82, 2.24) is 4.90 Å². The van der Waals surface area contributed by atoms with E-state index in [1.54, 1.807) is 0 Å². The van der Waals surface area contributed by atoms with Crippen LogP contribution in [0.15, 0.2) is 0 Å². The largest absolute Gasteiger partial charge is 0.306 e. The number of alkyl halides is 1. The standard InChI is InChI=1S/C13H24BrN/c1-15(9-12-5-6-12)11-13(10-14)7-3-2-4-8-13/h12H,2-11H2,1H3. The van der Waals surface area contributed by atoms with Crippen LogP contribution in [0.5, 0.6) is 0 Å². The summed E-state index contributed by atoms with van der Waals surface area (Å²) in [5, 5.41) is 1.20. The predicted octanol–water partition coefficient (Wildman–Crippen LogP) is 3.67. The number of nitrogens with zero attached hydrogens (tertiary/aromatic N) is 1. The smallest absolute Gasteiger partial charge is 0.0100 e. The molecular weight excluding hydrogens is 250 g/mol. The molecule has 0 bridgehead atoms. The van der Waals surface area contributed by atoms with E-state index in [2.05, 4.69) is 27.9 Å². The molecule has 0 aromatic heterocycles. The minimum Gasteiger partial charge on any atom is -0.306 e. The van der Waals surface area contributed by atoms with E-state index < -0.39 is 0 Å². The lowest BCUT2D eigenvalue weighted by atomic mass is 9.75. The Morgan fingerprint density at radius 2 is 1.87 bits per heavy atom. The van der Waals surface area contributed by atoms with Gasteiger partial charge in [0.1, 0.15) is 0 Å². The van der Waals surface area contributed by atoms with Crippen molar-refractivity contribution in [2.75, 3.05) is 25.5 Å². The fourth-order valence-corrected chi connectivity index (χ4v) is 3.75. The lowest BCUT2D eigenvalue weighted by molar-refractivity contribution is 0.142. The molecule has 0 radical (unpaired) electrons. The number of hydrogen-bond donors (Lipinski definition) is 0. The van der Waals surface area contributed by atoms with Gasteiger partial charge >= 0.3 is 0 Å². The van der Waals surface area contributed by atoms with Gasteiger partial charge in [-0.3, -0.25) is 0 Å². The van der Waals surface area contributed by atoms with Crippen LogP contribution in [-0.4, -0.2) is 30.4 Å². The number of rotatable bonds is 5. The summed E-state index contributed by atoms with van der Waals surface area (Å²) in [6.45, 7) is 2.66. The minimum atomic E-state index is 0.599. The van der Waals surface area contributed by atoms with Crippen LogP contribution >= 0.6 is 15.9 Å². The summed E-state index contributed by atoms with van der Waals surface area (Å²) >= 11 is 3.75. The molecule has 2 aliphatic carbocycles. The van der Waals surface area contributed by atoms with Crippen LogP contribution in [-0.2, 0) is 0 Å². The van der Waals surface area contributed by atoms with Gasteiger partial charge in [0.2, 0.25) is 0 Å². The quantitative estimate of drug-likeness (QED) is 0.691.